The summed E-state index contributed by atoms with van der Waals surface area (Å²) < 4.78 is 0. The lowest BCUT2D eigenvalue weighted by Gasteiger charge is -1.99. The maximum atomic E-state index is 10.3. The van der Waals surface area contributed by atoms with E-state index in [0.717, 1.165) is 23.6 Å². The molecule has 0 amide bonds. The molecule has 0 aliphatic rings. The molecule has 1 aromatic rings. The third-order valence-electron chi connectivity index (χ3n) is 1.73. The summed E-state index contributed by atoms with van der Waals surface area (Å²) in [7, 11) is 0. The summed E-state index contributed by atoms with van der Waals surface area (Å²) in [5, 5.41) is 8.44. The molecule has 0 aliphatic heterocycles. The summed E-state index contributed by atoms with van der Waals surface area (Å²) in [6.45, 7) is 2.01. The normalized spacial score (nSPS) is 10.5. The minimum absolute atomic E-state index is 0.854. The highest BCUT2D eigenvalue weighted by Crippen LogP contribution is 2.09. The van der Waals surface area contributed by atoms with Gasteiger partial charge in [0.1, 0.15) is 0 Å². The molecule has 1 heterocycles. The molecule has 1 N–H and O–H groups in total. The fraction of sp³-hybridized carbons (Fsp3) is 0.200. The fourth-order valence-corrected chi connectivity index (χ4v) is 1.06. The Morgan fingerprint density at radius 3 is 3.08 bits per heavy atom. The lowest BCUT2D eigenvalue weighted by molar-refractivity contribution is -0.131. The monoisotopic (exact) mass is 177 g/mol. The minimum atomic E-state index is -0.932. The number of carboxylic acid groups (broad SMARTS) is 1. The SMILES string of the molecule is CCc1cnccc1C=CC(=O)O. The van der Waals surface area contributed by atoms with Crippen LogP contribution in [0.15, 0.2) is 24.5 Å². The van der Waals surface area contributed by atoms with Crippen LogP contribution < -0.4 is 0 Å². The van der Waals surface area contributed by atoms with Gasteiger partial charge in [0.15, 0.2) is 0 Å². The van der Waals surface area contributed by atoms with Gasteiger partial charge in [-0.2, -0.15) is 0 Å². The summed E-state index contributed by atoms with van der Waals surface area (Å²) in [6.07, 6.45) is 6.98. The highest BCUT2D eigenvalue weighted by atomic mass is 16.4. The van der Waals surface area contributed by atoms with E-state index >= 15 is 0 Å². The number of hydrogen-bond acceptors (Lipinski definition) is 2. The van der Waals surface area contributed by atoms with Crippen LogP contribution in [0.3, 0.4) is 0 Å². The van der Waals surface area contributed by atoms with Gasteiger partial charge >= 0.3 is 5.97 Å². The van der Waals surface area contributed by atoms with Crippen LogP contribution in [0.5, 0.6) is 0 Å². The van der Waals surface area contributed by atoms with Crippen molar-refractivity contribution >= 4 is 12.0 Å². The maximum Gasteiger partial charge on any atom is 0.328 e. The molecule has 0 unspecified atom stereocenters. The Hall–Kier alpha value is -1.64. The number of pyridine rings is 1. The van der Waals surface area contributed by atoms with Gasteiger partial charge in [-0.1, -0.05) is 6.92 Å². The molecule has 0 saturated heterocycles. The number of aromatic nitrogens is 1. The van der Waals surface area contributed by atoms with Gasteiger partial charge in [-0.25, -0.2) is 4.79 Å². The van der Waals surface area contributed by atoms with E-state index in [-0.39, 0.29) is 0 Å². The third kappa shape index (κ3) is 2.71. The first kappa shape index (κ1) is 9.45. The van der Waals surface area contributed by atoms with Gasteiger partial charge in [0.05, 0.1) is 0 Å². The van der Waals surface area contributed by atoms with Crippen LogP contribution in [0.25, 0.3) is 6.08 Å². The molecule has 0 fully saturated rings. The van der Waals surface area contributed by atoms with Gasteiger partial charge in [-0.05, 0) is 29.7 Å². The zero-order chi connectivity index (χ0) is 9.68. The topological polar surface area (TPSA) is 50.2 Å². The third-order valence-corrected chi connectivity index (χ3v) is 1.73. The lowest BCUT2D eigenvalue weighted by Crippen LogP contribution is -1.90. The van der Waals surface area contributed by atoms with Crippen LogP contribution >= 0.6 is 0 Å². The predicted molar refractivity (Wildman–Crippen MR) is 50.3 cm³/mol. The Balaban J connectivity index is 2.93. The summed E-state index contributed by atoms with van der Waals surface area (Å²) in [4.78, 5) is 14.2. The highest BCUT2D eigenvalue weighted by Gasteiger charge is 1.96. The average Bonchev–Trinajstić information content (AvgIpc) is 2.15. The molecule has 0 aliphatic carbocycles. The summed E-state index contributed by atoms with van der Waals surface area (Å²) >= 11 is 0. The molecule has 0 radical (unpaired) electrons. The molecular weight excluding hydrogens is 166 g/mol. The first-order chi connectivity index (χ1) is 6.24. The predicted octanol–water partition coefficient (Wildman–Crippen LogP) is 1.74. The smallest absolute Gasteiger partial charge is 0.328 e. The Morgan fingerprint density at radius 1 is 1.69 bits per heavy atom. The van der Waals surface area contributed by atoms with Crippen LogP contribution in [0, 0.1) is 0 Å². The Morgan fingerprint density at radius 2 is 2.46 bits per heavy atom. The molecule has 68 valence electrons. The van der Waals surface area contributed by atoms with E-state index in [2.05, 4.69) is 4.98 Å². The van der Waals surface area contributed by atoms with Crippen molar-refractivity contribution in [2.24, 2.45) is 0 Å². The van der Waals surface area contributed by atoms with Crippen molar-refractivity contribution in [3.63, 3.8) is 0 Å². The molecule has 1 rings (SSSR count). The van der Waals surface area contributed by atoms with Gasteiger partial charge in [0, 0.05) is 18.5 Å². The van der Waals surface area contributed by atoms with Crippen molar-refractivity contribution in [1.82, 2.24) is 4.98 Å². The van der Waals surface area contributed by atoms with E-state index in [0.29, 0.717) is 0 Å². The maximum absolute atomic E-state index is 10.3. The molecule has 0 atom stereocenters. The van der Waals surface area contributed by atoms with E-state index in [1.807, 2.05) is 6.92 Å². The van der Waals surface area contributed by atoms with Gasteiger partial charge in [0.25, 0.3) is 0 Å². The Bertz CT molecular complexity index is 331. The number of carboxylic acids is 1. The summed E-state index contributed by atoms with van der Waals surface area (Å²) in [6, 6.07) is 1.80. The van der Waals surface area contributed by atoms with E-state index in [9.17, 15) is 4.79 Å². The number of rotatable bonds is 3. The van der Waals surface area contributed by atoms with Crippen molar-refractivity contribution in [3.05, 3.63) is 35.7 Å². The Labute approximate surface area is 76.7 Å². The van der Waals surface area contributed by atoms with Crippen molar-refractivity contribution in [2.45, 2.75) is 13.3 Å². The second kappa shape index (κ2) is 4.40. The van der Waals surface area contributed by atoms with Crippen molar-refractivity contribution in [3.8, 4) is 0 Å². The molecular formula is C10H11NO2. The average molecular weight is 177 g/mol. The zero-order valence-electron chi connectivity index (χ0n) is 7.40. The quantitative estimate of drug-likeness (QED) is 0.715. The molecule has 0 aromatic carbocycles. The number of carbonyl (C=O) groups is 1. The highest BCUT2D eigenvalue weighted by molar-refractivity contribution is 5.85. The standard InChI is InChI=1S/C10H11NO2/c1-2-8-7-11-6-5-9(8)3-4-10(12)13/h3-7H,2H2,1H3,(H,12,13). The lowest BCUT2D eigenvalue weighted by atomic mass is 10.1. The van der Waals surface area contributed by atoms with Gasteiger partial charge in [-0.15, -0.1) is 0 Å². The molecule has 0 saturated carbocycles. The number of nitrogens with zero attached hydrogens (tertiary/aromatic N) is 1. The number of aliphatic carboxylic acids is 1. The first-order valence-electron chi connectivity index (χ1n) is 4.08. The number of aryl methyl sites for hydroxylation is 1. The second-order valence-corrected chi connectivity index (χ2v) is 2.60. The van der Waals surface area contributed by atoms with Crippen LogP contribution in [-0.4, -0.2) is 16.1 Å². The first-order valence-corrected chi connectivity index (χ1v) is 4.08. The number of hydrogen-bond donors (Lipinski definition) is 1. The van der Waals surface area contributed by atoms with Crippen LogP contribution in [0.1, 0.15) is 18.1 Å². The van der Waals surface area contributed by atoms with Crippen LogP contribution in [-0.2, 0) is 11.2 Å². The van der Waals surface area contributed by atoms with Crippen molar-refractivity contribution in [1.29, 1.82) is 0 Å². The zero-order valence-corrected chi connectivity index (χ0v) is 7.40. The second-order valence-electron chi connectivity index (χ2n) is 2.60. The van der Waals surface area contributed by atoms with Gasteiger partial charge < -0.3 is 5.11 Å². The van der Waals surface area contributed by atoms with Gasteiger partial charge in [0.2, 0.25) is 0 Å². The summed E-state index contributed by atoms with van der Waals surface area (Å²) in [5.41, 5.74) is 1.97. The van der Waals surface area contributed by atoms with Crippen LogP contribution in [0.4, 0.5) is 0 Å². The molecule has 13 heavy (non-hydrogen) atoms. The molecule has 3 heteroatoms. The minimum Gasteiger partial charge on any atom is -0.478 e. The van der Waals surface area contributed by atoms with Crippen LogP contribution in [0.2, 0.25) is 0 Å². The largest absolute Gasteiger partial charge is 0.478 e. The molecule has 0 spiro atoms. The fourth-order valence-electron chi connectivity index (χ4n) is 1.06. The molecule has 0 bridgehead atoms. The molecule has 3 nitrogen and oxygen atoms in total. The van der Waals surface area contributed by atoms with E-state index < -0.39 is 5.97 Å². The Kier molecular flexibility index (Phi) is 3.20. The van der Waals surface area contributed by atoms with Crippen molar-refractivity contribution in [2.75, 3.05) is 0 Å². The van der Waals surface area contributed by atoms with Crippen molar-refractivity contribution < 1.29 is 9.90 Å². The van der Waals surface area contributed by atoms with E-state index in [1.165, 1.54) is 0 Å². The van der Waals surface area contributed by atoms with E-state index in [1.54, 1.807) is 24.5 Å². The summed E-state index contributed by atoms with van der Waals surface area (Å²) in [5.74, 6) is -0.932. The molecule has 1 aromatic heterocycles. The van der Waals surface area contributed by atoms with E-state index in [4.69, 9.17) is 5.11 Å². The van der Waals surface area contributed by atoms with Gasteiger partial charge in [-0.3, -0.25) is 4.98 Å².